The molecule has 0 aliphatic rings. The standard InChI is InChI=1S/C13H8ClF3N2OS/c14-8-4-7(13(15,16)17)5-19-9(6-20)11(18-12(8)19)10-2-1-3-21-10/h1-5,20H,6H2. The minimum atomic E-state index is -4.52. The van der Waals surface area contributed by atoms with E-state index in [0.29, 0.717) is 5.69 Å². The number of aliphatic hydroxyl groups is 1. The lowest BCUT2D eigenvalue weighted by atomic mass is 10.2. The van der Waals surface area contributed by atoms with Gasteiger partial charge in [-0.3, -0.25) is 4.40 Å². The molecule has 0 aliphatic carbocycles. The monoisotopic (exact) mass is 332 g/mol. The third-order valence-electron chi connectivity index (χ3n) is 3.01. The largest absolute Gasteiger partial charge is 0.417 e. The summed E-state index contributed by atoms with van der Waals surface area (Å²) in [5, 5.41) is 11.2. The minimum Gasteiger partial charge on any atom is -0.390 e. The van der Waals surface area contributed by atoms with E-state index in [4.69, 9.17) is 11.6 Å². The van der Waals surface area contributed by atoms with Gasteiger partial charge >= 0.3 is 6.18 Å². The van der Waals surface area contributed by atoms with E-state index in [-0.39, 0.29) is 16.4 Å². The van der Waals surface area contributed by atoms with Crippen molar-refractivity contribution < 1.29 is 18.3 Å². The second kappa shape index (κ2) is 5.01. The number of rotatable bonds is 2. The lowest BCUT2D eigenvalue weighted by Crippen LogP contribution is -2.07. The van der Waals surface area contributed by atoms with Crippen molar-refractivity contribution in [1.29, 1.82) is 0 Å². The maximum Gasteiger partial charge on any atom is 0.417 e. The highest BCUT2D eigenvalue weighted by Gasteiger charge is 2.32. The van der Waals surface area contributed by atoms with Crippen LogP contribution in [0.4, 0.5) is 13.2 Å². The summed E-state index contributed by atoms with van der Waals surface area (Å²) in [4.78, 5) is 5.02. The number of hydrogen-bond acceptors (Lipinski definition) is 3. The predicted molar refractivity (Wildman–Crippen MR) is 74.4 cm³/mol. The van der Waals surface area contributed by atoms with E-state index in [0.717, 1.165) is 17.1 Å². The third-order valence-corrected chi connectivity index (χ3v) is 4.16. The van der Waals surface area contributed by atoms with Gasteiger partial charge in [-0.2, -0.15) is 13.2 Å². The molecule has 1 N–H and O–H groups in total. The summed E-state index contributed by atoms with van der Waals surface area (Å²) in [7, 11) is 0. The lowest BCUT2D eigenvalue weighted by Gasteiger charge is -2.09. The van der Waals surface area contributed by atoms with Crippen molar-refractivity contribution in [3.05, 3.63) is 46.1 Å². The number of fused-ring (bicyclic) bond motifs is 1. The first-order chi connectivity index (χ1) is 9.91. The minimum absolute atomic E-state index is 0.109. The zero-order valence-corrected chi connectivity index (χ0v) is 11.9. The van der Waals surface area contributed by atoms with E-state index in [2.05, 4.69) is 4.98 Å². The van der Waals surface area contributed by atoms with E-state index in [1.165, 1.54) is 15.7 Å². The molecule has 0 saturated carbocycles. The molecule has 0 saturated heterocycles. The van der Waals surface area contributed by atoms with E-state index in [1.807, 2.05) is 5.38 Å². The SMILES string of the molecule is OCc1c(-c2cccs2)nc2c(Cl)cc(C(F)(F)F)cn12. The third kappa shape index (κ3) is 2.41. The quantitative estimate of drug-likeness (QED) is 0.762. The molecule has 3 rings (SSSR count). The molecule has 0 amide bonds. The van der Waals surface area contributed by atoms with Crippen molar-refractivity contribution in [3.63, 3.8) is 0 Å². The van der Waals surface area contributed by atoms with E-state index >= 15 is 0 Å². The molecule has 21 heavy (non-hydrogen) atoms. The average molecular weight is 333 g/mol. The number of nitrogens with zero attached hydrogens (tertiary/aromatic N) is 2. The van der Waals surface area contributed by atoms with Gasteiger partial charge < -0.3 is 5.11 Å². The van der Waals surface area contributed by atoms with E-state index in [9.17, 15) is 18.3 Å². The zero-order chi connectivity index (χ0) is 15.2. The van der Waals surface area contributed by atoms with E-state index < -0.39 is 18.3 Å². The maximum atomic E-state index is 12.9. The van der Waals surface area contributed by atoms with Gasteiger partial charge in [-0.15, -0.1) is 11.3 Å². The number of imidazole rings is 1. The van der Waals surface area contributed by atoms with Crippen LogP contribution in [-0.4, -0.2) is 14.5 Å². The highest BCUT2D eigenvalue weighted by atomic mass is 35.5. The summed E-state index contributed by atoms with van der Waals surface area (Å²) < 4.78 is 39.8. The number of aromatic nitrogens is 2. The summed E-state index contributed by atoms with van der Waals surface area (Å²) in [5.41, 5.74) is 0.0242. The van der Waals surface area contributed by atoms with Crippen molar-refractivity contribution in [1.82, 2.24) is 9.38 Å². The Labute approximate surface area is 126 Å². The Bertz CT molecular complexity index is 796. The molecule has 0 aliphatic heterocycles. The Balaban J connectivity index is 2.32. The summed E-state index contributed by atoms with van der Waals surface area (Å²) in [6, 6.07) is 4.42. The number of thiophene rings is 1. The molecule has 8 heteroatoms. The molecule has 0 fully saturated rings. The molecule has 3 heterocycles. The van der Waals surface area contributed by atoms with Crippen LogP contribution >= 0.6 is 22.9 Å². The smallest absolute Gasteiger partial charge is 0.390 e. The van der Waals surface area contributed by atoms with Gasteiger partial charge in [0.2, 0.25) is 0 Å². The Kier molecular flexibility index (Phi) is 3.43. The molecule has 0 radical (unpaired) electrons. The number of halogens is 4. The topological polar surface area (TPSA) is 37.5 Å². The Hall–Kier alpha value is -1.57. The Morgan fingerprint density at radius 2 is 2.14 bits per heavy atom. The fourth-order valence-corrected chi connectivity index (χ4v) is 3.05. The number of aliphatic hydroxyl groups excluding tert-OH is 1. The molecule has 0 atom stereocenters. The van der Waals surface area contributed by atoms with Gasteiger partial charge in [-0.25, -0.2) is 4.98 Å². The van der Waals surface area contributed by atoms with Gasteiger partial charge in [-0.05, 0) is 17.5 Å². The number of alkyl halides is 3. The van der Waals surface area contributed by atoms with Crippen LogP contribution in [0, 0.1) is 0 Å². The van der Waals surface area contributed by atoms with E-state index in [1.54, 1.807) is 12.1 Å². The highest BCUT2D eigenvalue weighted by Crippen LogP contribution is 2.35. The van der Waals surface area contributed by atoms with Crippen LogP contribution in [0.2, 0.25) is 5.02 Å². The molecule has 0 bridgehead atoms. The van der Waals surface area contributed by atoms with Crippen molar-refractivity contribution >= 4 is 28.6 Å². The summed E-state index contributed by atoms with van der Waals surface area (Å²) in [5.74, 6) is 0. The van der Waals surface area contributed by atoms with Crippen LogP contribution in [0.3, 0.4) is 0 Å². The molecule has 3 aromatic heterocycles. The second-order valence-electron chi connectivity index (χ2n) is 4.31. The van der Waals surface area contributed by atoms with Gasteiger partial charge in [0.1, 0.15) is 5.69 Å². The molecule has 3 nitrogen and oxygen atoms in total. The van der Waals surface area contributed by atoms with Gasteiger partial charge in [-0.1, -0.05) is 17.7 Å². The molecular formula is C13H8ClF3N2OS. The number of pyridine rings is 1. The summed E-state index contributed by atoms with van der Waals surface area (Å²) in [6.07, 6.45) is -3.62. The Morgan fingerprint density at radius 3 is 2.71 bits per heavy atom. The van der Waals surface area contributed by atoms with Gasteiger partial charge in [0.15, 0.2) is 5.65 Å². The molecule has 3 aromatic rings. The van der Waals surface area contributed by atoms with Crippen LogP contribution in [0.25, 0.3) is 16.2 Å². The normalized spacial score (nSPS) is 12.2. The molecule has 0 spiro atoms. The highest BCUT2D eigenvalue weighted by molar-refractivity contribution is 7.13. The van der Waals surface area contributed by atoms with Gasteiger partial charge in [0.05, 0.1) is 27.8 Å². The first kappa shape index (κ1) is 14.4. The summed E-state index contributed by atoms with van der Waals surface area (Å²) in [6.45, 7) is -0.438. The van der Waals surface area contributed by atoms with Gasteiger partial charge in [0, 0.05) is 6.20 Å². The molecule has 110 valence electrons. The first-order valence-electron chi connectivity index (χ1n) is 5.84. The fourth-order valence-electron chi connectivity index (χ4n) is 2.07. The molecule has 0 aromatic carbocycles. The van der Waals surface area contributed by atoms with Crippen molar-refractivity contribution in [2.75, 3.05) is 0 Å². The zero-order valence-electron chi connectivity index (χ0n) is 10.4. The average Bonchev–Trinajstić information content (AvgIpc) is 3.03. The summed E-state index contributed by atoms with van der Waals surface area (Å²) >= 11 is 7.29. The first-order valence-corrected chi connectivity index (χ1v) is 7.10. The van der Waals surface area contributed by atoms with Gasteiger partial charge in [0.25, 0.3) is 0 Å². The second-order valence-corrected chi connectivity index (χ2v) is 5.67. The van der Waals surface area contributed by atoms with Crippen molar-refractivity contribution in [3.8, 4) is 10.6 Å². The maximum absolute atomic E-state index is 12.9. The van der Waals surface area contributed by atoms with Crippen LogP contribution < -0.4 is 0 Å². The van der Waals surface area contributed by atoms with Crippen LogP contribution in [0.1, 0.15) is 11.3 Å². The van der Waals surface area contributed by atoms with Crippen molar-refractivity contribution in [2.45, 2.75) is 12.8 Å². The number of hydrogen-bond donors (Lipinski definition) is 1. The fraction of sp³-hybridized carbons (Fsp3) is 0.154. The van der Waals surface area contributed by atoms with Crippen LogP contribution in [0.15, 0.2) is 29.8 Å². The Morgan fingerprint density at radius 1 is 1.38 bits per heavy atom. The van der Waals surface area contributed by atoms with Crippen LogP contribution in [-0.2, 0) is 12.8 Å². The van der Waals surface area contributed by atoms with Crippen molar-refractivity contribution in [2.24, 2.45) is 0 Å². The predicted octanol–water partition coefficient (Wildman–Crippen LogP) is 4.23. The molecule has 0 unspecified atom stereocenters. The molecular weight excluding hydrogens is 325 g/mol. The lowest BCUT2D eigenvalue weighted by molar-refractivity contribution is -0.137. The van der Waals surface area contributed by atoms with Crippen LogP contribution in [0.5, 0.6) is 0 Å².